The van der Waals surface area contributed by atoms with E-state index in [0.717, 1.165) is 30.3 Å². The van der Waals surface area contributed by atoms with Crippen LogP contribution >= 0.6 is 11.6 Å². The number of hydrogen-bond donors (Lipinski definition) is 4. The van der Waals surface area contributed by atoms with Gasteiger partial charge in [-0.2, -0.15) is 13.2 Å². The second-order valence-corrected chi connectivity index (χ2v) is 6.96. The minimum Gasteiger partial charge on any atom is -0.506 e. The maximum absolute atomic E-state index is 12.8. The van der Waals surface area contributed by atoms with E-state index < -0.39 is 38.6 Å². The second kappa shape index (κ2) is 7.02. The molecule has 0 aliphatic heterocycles. The molecule has 12 heteroatoms. The Morgan fingerprint density at radius 1 is 1.12 bits per heavy atom. The fourth-order valence-corrected chi connectivity index (χ4v) is 2.66. The average molecular weight is 410 g/mol. The fraction of sp³-hybridized carbons (Fsp3) is 0.0714. The molecule has 0 heterocycles. The lowest BCUT2D eigenvalue weighted by atomic mass is 10.2. The van der Waals surface area contributed by atoms with Gasteiger partial charge in [0.25, 0.3) is 0 Å². The minimum absolute atomic E-state index is 0.221. The molecule has 2 rings (SSSR count). The first-order valence-electron chi connectivity index (χ1n) is 6.68. The maximum Gasteiger partial charge on any atom is 0.417 e. The molecular weight excluding hydrogens is 399 g/mol. The maximum atomic E-state index is 12.8. The number of benzene rings is 2. The molecule has 0 atom stereocenters. The van der Waals surface area contributed by atoms with E-state index in [0.29, 0.717) is 6.07 Å². The molecule has 0 aromatic heterocycles. The van der Waals surface area contributed by atoms with Crippen molar-refractivity contribution in [2.75, 3.05) is 10.6 Å². The summed E-state index contributed by atoms with van der Waals surface area (Å²) in [7, 11) is -4.09. The van der Waals surface area contributed by atoms with E-state index in [4.69, 9.17) is 16.7 Å². The molecule has 2 amide bonds. The smallest absolute Gasteiger partial charge is 0.417 e. The molecule has 26 heavy (non-hydrogen) atoms. The summed E-state index contributed by atoms with van der Waals surface area (Å²) in [5.41, 5.74) is -1.67. The van der Waals surface area contributed by atoms with Gasteiger partial charge < -0.3 is 15.7 Å². The summed E-state index contributed by atoms with van der Waals surface area (Å²) in [6, 6.07) is 4.59. The third-order valence-corrected chi connectivity index (χ3v) is 4.31. The van der Waals surface area contributed by atoms with Crippen molar-refractivity contribution in [2.45, 2.75) is 11.1 Å². The Labute approximate surface area is 150 Å². The SMILES string of the molecule is NS(=O)(=O)c1ccc(O)c(NC(=O)Nc2ccc(Cl)c(C(F)(F)F)c2)c1. The van der Waals surface area contributed by atoms with Crippen molar-refractivity contribution in [1.29, 1.82) is 0 Å². The number of phenols is 1. The van der Waals surface area contributed by atoms with Gasteiger partial charge in [-0.3, -0.25) is 0 Å². The number of nitrogens with two attached hydrogens (primary N) is 1. The van der Waals surface area contributed by atoms with Gasteiger partial charge in [0.15, 0.2) is 0 Å². The Morgan fingerprint density at radius 3 is 2.35 bits per heavy atom. The molecule has 2 aromatic carbocycles. The van der Waals surface area contributed by atoms with Gasteiger partial charge in [-0.1, -0.05) is 11.6 Å². The highest BCUT2D eigenvalue weighted by atomic mass is 35.5. The summed E-state index contributed by atoms with van der Waals surface area (Å²) in [6.07, 6.45) is -4.71. The van der Waals surface area contributed by atoms with Crippen LogP contribution in [0.4, 0.5) is 29.3 Å². The topological polar surface area (TPSA) is 122 Å². The van der Waals surface area contributed by atoms with Gasteiger partial charge in [0.2, 0.25) is 10.0 Å². The molecule has 2 aromatic rings. The first-order chi connectivity index (χ1) is 11.9. The number of alkyl halides is 3. The van der Waals surface area contributed by atoms with Gasteiger partial charge >= 0.3 is 12.2 Å². The van der Waals surface area contributed by atoms with E-state index in [-0.39, 0.29) is 16.3 Å². The van der Waals surface area contributed by atoms with Crippen LogP contribution in [0.2, 0.25) is 5.02 Å². The minimum atomic E-state index is -4.71. The lowest BCUT2D eigenvalue weighted by Gasteiger charge is -2.13. The van der Waals surface area contributed by atoms with Crippen molar-refractivity contribution >= 4 is 39.0 Å². The van der Waals surface area contributed by atoms with Crippen molar-refractivity contribution in [3.05, 3.63) is 47.0 Å². The van der Waals surface area contributed by atoms with Crippen molar-refractivity contribution in [1.82, 2.24) is 0 Å². The van der Waals surface area contributed by atoms with Crippen LogP contribution in [-0.2, 0) is 16.2 Å². The largest absolute Gasteiger partial charge is 0.506 e. The monoisotopic (exact) mass is 409 g/mol. The molecule has 0 saturated heterocycles. The summed E-state index contributed by atoms with van der Waals surface area (Å²) in [4.78, 5) is 11.5. The Kier molecular flexibility index (Phi) is 5.35. The Hall–Kier alpha value is -2.50. The molecule has 7 nitrogen and oxygen atoms in total. The number of aromatic hydroxyl groups is 1. The third-order valence-electron chi connectivity index (χ3n) is 3.07. The van der Waals surface area contributed by atoms with Crippen LogP contribution in [0, 0.1) is 0 Å². The van der Waals surface area contributed by atoms with Crippen LogP contribution < -0.4 is 15.8 Å². The van der Waals surface area contributed by atoms with Crippen molar-refractivity contribution in [3.8, 4) is 5.75 Å². The van der Waals surface area contributed by atoms with Gasteiger partial charge in [-0.25, -0.2) is 18.4 Å². The first kappa shape index (κ1) is 19.8. The molecular formula is C14H11ClF3N3O4S. The zero-order chi connectivity index (χ0) is 19.7. The second-order valence-electron chi connectivity index (χ2n) is 5.00. The molecule has 0 aliphatic rings. The van der Waals surface area contributed by atoms with E-state index in [1.807, 2.05) is 0 Å². The number of halogens is 4. The standard InChI is InChI=1S/C14H11ClF3N3O4S/c15-10-3-1-7(5-9(10)14(16,17)18)20-13(23)21-11-6-8(26(19,24)25)2-4-12(11)22/h1-6,22H,(H2,19,24,25)(H2,20,21,23). The summed E-state index contributed by atoms with van der Waals surface area (Å²) in [5.74, 6) is -0.473. The number of urea groups is 1. The zero-order valence-corrected chi connectivity index (χ0v) is 14.2. The Morgan fingerprint density at radius 2 is 1.77 bits per heavy atom. The quantitative estimate of drug-likeness (QED) is 0.580. The van der Waals surface area contributed by atoms with Crippen LogP contribution in [0.25, 0.3) is 0 Å². The Bertz CT molecular complexity index is 964. The summed E-state index contributed by atoms with van der Waals surface area (Å²) < 4.78 is 61.0. The van der Waals surface area contributed by atoms with E-state index in [9.17, 15) is 31.5 Å². The van der Waals surface area contributed by atoms with Gasteiger partial charge in [0, 0.05) is 5.69 Å². The molecule has 140 valence electrons. The first-order valence-corrected chi connectivity index (χ1v) is 8.61. The molecule has 0 unspecified atom stereocenters. The fourth-order valence-electron chi connectivity index (χ4n) is 1.90. The number of carbonyl (C=O) groups is 1. The molecule has 0 saturated carbocycles. The van der Waals surface area contributed by atoms with Gasteiger partial charge in [0.05, 0.1) is 21.2 Å². The van der Waals surface area contributed by atoms with E-state index >= 15 is 0 Å². The Balaban J connectivity index is 2.22. The number of anilines is 2. The van der Waals surface area contributed by atoms with E-state index in [2.05, 4.69) is 10.6 Å². The number of phenolic OH excluding ortho intramolecular Hbond substituents is 1. The summed E-state index contributed by atoms with van der Waals surface area (Å²) in [6.45, 7) is 0. The highest BCUT2D eigenvalue weighted by Crippen LogP contribution is 2.36. The van der Waals surface area contributed by atoms with Crippen LogP contribution in [0.5, 0.6) is 5.75 Å². The number of nitrogens with one attached hydrogen (secondary N) is 2. The van der Waals surface area contributed by atoms with E-state index in [1.54, 1.807) is 0 Å². The highest BCUT2D eigenvalue weighted by molar-refractivity contribution is 7.89. The van der Waals surface area contributed by atoms with Gasteiger partial charge in [0.1, 0.15) is 5.75 Å². The average Bonchev–Trinajstić information content (AvgIpc) is 2.49. The number of sulfonamides is 1. The van der Waals surface area contributed by atoms with Crippen molar-refractivity contribution in [2.24, 2.45) is 5.14 Å². The number of hydrogen-bond acceptors (Lipinski definition) is 4. The summed E-state index contributed by atoms with van der Waals surface area (Å²) in [5, 5.41) is 18.3. The lowest BCUT2D eigenvalue weighted by Crippen LogP contribution is -2.20. The molecule has 0 aliphatic carbocycles. The van der Waals surface area contributed by atoms with Gasteiger partial charge in [-0.15, -0.1) is 0 Å². The normalized spacial score (nSPS) is 11.9. The predicted octanol–water partition coefficient (Wildman–Crippen LogP) is 3.36. The highest BCUT2D eigenvalue weighted by Gasteiger charge is 2.33. The predicted molar refractivity (Wildman–Crippen MR) is 88.6 cm³/mol. The zero-order valence-electron chi connectivity index (χ0n) is 12.6. The van der Waals surface area contributed by atoms with Crippen LogP contribution in [-0.4, -0.2) is 19.6 Å². The molecule has 0 radical (unpaired) electrons. The van der Waals surface area contributed by atoms with Crippen LogP contribution in [0.15, 0.2) is 41.3 Å². The molecule has 0 fully saturated rings. The third kappa shape index (κ3) is 4.77. The number of amides is 2. The molecule has 0 spiro atoms. The summed E-state index contributed by atoms with van der Waals surface area (Å²) >= 11 is 5.48. The molecule has 0 bridgehead atoms. The van der Waals surface area contributed by atoms with E-state index in [1.165, 1.54) is 0 Å². The lowest BCUT2D eigenvalue weighted by molar-refractivity contribution is -0.137. The van der Waals surface area contributed by atoms with Crippen molar-refractivity contribution in [3.63, 3.8) is 0 Å². The number of rotatable bonds is 3. The van der Waals surface area contributed by atoms with Gasteiger partial charge in [-0.05, 0) is 36.4 Å². The number of carbonyl (C=O) groups excluding carboxylic acids is 1. The number of primary sulfonamides is 1. The van der Waals surface area contributed by atoms with Crippen molar-refractivity contribution < 1.29 is 31.5 Å². The molecule has 5 N–H and O–H groups in total. The van der Waals surface area contributed by atoms with Crippen LogP contribution in [0.3, 0.4) is 0 Å². The van der Waals surface area contributed by atoms with Crippen LogP contribution in [0.1, 0.15) is 5.56 Å².